The molecule has 1 atom stereocenters. The van der Waals surface area contributed by atoms with Crippen molar-refractivity contribution in [3.63, 3.8) is 0 Å². The van der Waals surface area contributed by atoms with Crippen LogP contribution in [0.1, 0.15) is 16.9 Å². The van der Waals surface area contributed by atoms with Gasteiger partial charge in [0.05, 0.1) is 5.38 Å². The number of amides is 1. The Kier molecular flexibility index (Phi) is 3.26. The smallest absolute Gasteiger partial charge is 0.272 e. The molecule has 1 unspecified atom stereocenters. The highest BCUT2D eigenvalue weighted by Gasteiger charge is 2.25. The fourth-order valence-electron chi connectivity index (χ4n) is 1.57. The predicted molar refractivity (Wildman–Crippen MR) is 62.1 cm³/mol. The lowest BCUT2D eigenvalue weighted by molar-refractivity contribution is 0.0787. The summed E-state index contributed by atoms with van der Waals surface area (Å²) in [5.41, 5.74) is 0.476. The number of pyridine rings is 1. The molecule has 5 heteroatoms. The van der Waals surface area contributed by atoms with Crippen LogP contribution in [0, 0.1) is 0 Å². The average Bonchev–Trinajstić information content (AvgIpc) is 2.65. The van der Waals surface area contributed by atoms with E-state index < -0.39 is 0 Å². The molecule has 0 spiro atoms. The molecule has 2 heterocycles. The third-order valence-corrected chi connectivity index (χ3v) is 3.19. The van der Waals surface area contributed by atoms with Gasteiger partial charge in [-0.15, -0.1) is 11.6 Å². The van der Waals surface area contributed by atoms with E-state index >= 15 is 0 Å². The maximum Gasteiger partial charge on any atom is 0.272 e. The van der Waals surface area contributed by atoms with E-state index in [9.17, 15) is 4.79 Å². The summed E-state index contributed by atoms with van der Waals surface area (Å²) in [6.45, 7) is 1.35. The molecule has 1 aromatic rings. The molecule has 15 heavy (non-hydrogen) atoms. The van der Waals surface area contributed by atoms with Crippen LogP contribution in [-0.4, -0.2) is 34.3 Å². The molecule has 1 fully saturated rings. The third kappa shape index (κ3) is 2.49. The quantitative estimate of drug-likeness (QED) is 0.743. The van der Waals surface area contributed by atoms with Crippen LogP contribution in [0.15, 0.2) is 22.8 Å². The van der Waals surface area contributed by atoms with Crippen molar-refractivity contribution in [2.45, 2.75) is 11.8 Å². The SMILES string of the molecule is O=C(c1ccc(Br)cn1)N1CCC(Cl)C1. The molecule has 1 saturated heterocycles. The zero-order chi connectivity index (χ0) is 10.8. The van der Waals surface area contributed by atoms with E-state index in [1.807, 2.05) is 6.07 Å². The zero-order valence-electron chi connectivity index (χ0n) is 7.99. The van der Waals surface area contributed by atoms with Gasteiger partial charge in [-0.05, 0) is 34.5 Å². The molecule has 1 aliphatic heterocycles. The van der Waals surface area contributed by atoms with Crippen molar-refractivity contribution < 1.29 is 4.79 Å². The number of nitrogens with zero attached hydrogens (tertiary/aromatic N) is 2. The van der Waals surface area contributed by atoms with E-state index in [4.69, 9.17) is 11.6 Å². The van der Waals surface area contributed by atoms with Crippen LogP contribution in [0.3, 0.4) is 0 Å². The molecule has 80 valence electrons. The van der Waals surface area contributed by atoms with Gasteiger partial charge in [0.25, 0.3) is 5.91 Å². The molecule has 0 aromatic carbocycles. The molecule has 0 bridgehead atoms. The minimum atomic E-state index is -0.0364. The molecule has 0 radical (unpaired) electrons. The summed E-state index contributed by atoms with van der Waals surface area (Å²) in [5.74, 6) is -0.0364. The molecule has 0 saturated carbocycles. The number of halogens is 2. The summed E-state index contributed by atoms with van der Waals surface area (Å²) >= 11 is 9.22. The second-order valence-electron chi connectivity index (χ2n) is 3.50. The van der Waals surface area contributed by atoms with Crippen LogP contribution in [0.4, 0.5) is 0 Å². The number of likely N-dealkylation sites (tertiary alicyclic amines) is 1. The summed E-state index contributed by atoms with van der Waals surface area (Å²) in [5, 5.41) is 0.0874. The molecular weight excluding hydrogens is 279 g/mol. The van der Waals surface area contributed by atoms with Gasteiger partial charge in [-0.3, -0.25) is 4.79 Å². The zero-order valence-corrected chi connectivity index (χ0v) is 10.3. The lowest BCUT2D eigenvalue weighted by Crippen LogP contribution is -2.29. The number of hydrogen-bond donors (Lipinski definition) is 0. The highest BCUT2D eigenvalue weighted by atomic mass is 79.9. The number of carbonyl (C=O) groups excluding carboxylic acids is 1. The molecule has 2 rings (SSSR count). The van der Waals surface area contributed by atoms with E-state index in [2.05, 4.69) is 20.9 Å². The normalized spacial score (nSPS) is 20.7. The number of rotatable bonds is 1. The highest BCUT2D eigenvalue weighted by Crippen LogP contribution is 2.17. The molecule has 1 amide bonds. The monoisotopic (exact) mass is 288 g/mol. The number of hydrogen-bond acceptors (Lipinski definition) is 2. The topological polar surface area (TPSA) is 33.2 Å². The summed E-state index contributed by atoms with van der Waals surface area (Å²) in [4.78, 5) is 17.7. The Morgan fingerprint density at radius 1 is 1.60 bits per heavy atom. The van der Waals surface area contributed by atoms with Gasteiger partial charge in [0, 0.05) is 23.8 Å². The molecule has 1 aliphatic rings. The van der Waals surface area contributed by atoms with Crippen LogP contribution in [0.25, 0.3) is 0 Å². The lowest BCUT2D eigenvalue weighted by atomic mass is 10.3. The van der Waals surface area contributed by atoms with E-state index in [-0.39, 0.29) is 11.3 Å². The van der Waals surface area contributed by atoms with Gasteiger partial charge in [-0.25, -0.2) is 4.98 Å². The Bertz CT molecular complexity index is 368. The first kappa shape index (κ1) is 10.9. The first-order valence-corrected chi connectivity index (χ1v) is 5.94. The first-order valence-electron chi connectivity index (χ1n) is 4.72. The van der Waals surface area contributed by atoms with E-state index in [0.717, 1.165) is 17.4 Å². The molecular formula is C10H10BrClN2O. The van der Waals surface area contributed by atoms with Crippen LogP contribution in [0.2, 0.25) is 0 Å². The maximum atomic E-state index is 11.9. The van der Waals surface area contributed by atoms with E-state index in [1.165, 1.54) is 0 Å². The van der Waals surface area contributed by atoms with Crippen molar-refractivity contribution in [1.82, 2.24) is 9.88 Å². The summed E-state index contributed by atoms with van der Waals surface area (Å²) < 4.78 is 0.871. The largest absolute Gasteiger partial charge is 0.336 e. The summed E-state index contributed by atoms with van der Waals surface area (Å²) in [6.07, 6.45) is 2.49. The van der Waals surface area contributed by atoms with Crippen LogP contribution in [-0.2, 0) is 0 Å². The first-order chi connectivity index (χ1) is 7.16. The molecule has 0 N–H and O–H groups in total. The van der Waals surface area contributed by atoms with Crippen LogP contribution < -0.4 is 0 Å². The lowest BCUT2D eigenvalue weighted by Gasteiger charge is -2.14. The third-order valence-electron chi connectivity index (χ3n) is 2.36. The molecule has 3 nitrogen and oxygen atoms in total. The summed E-state index contributed by atoms with van der Waals surface area (Å²) in [6, 6.07) is 3.53. The van der Waals surface area contributed by atoms with Gasteiger partial charge in [-0.1, -0.05) is 0 Å². The van der Waals surface area contributed by atoms with Gasteiger partial charge in [0.15, 0.2) is 0 Å². The van der Waals surface area contributed by atoms with Crippen LogP contribution in [0.5, 0.6) is 0 Å². The Morgan fingerprint density at radius 2 is 2.40 bits per heavy atom. The minimum Gasteiger partial charge on any atom is -0.336 e. The second-order valence-corrected chi connectivity index (χ2v) is 5.03. The summed E-state index contributed by atoms with van der Waals surface area (Å²) in [7, 11) is 0. The number of alkyl halides is 1. The van der Waals surface area contributed by atoms with Crippen molar-refractivity contribution in [1.29, 1.82) is 0 Å². The fraction of sp³-hybridized carbons (Fsp3) is 0.400. The number of aromatic nitrogens is 1. The Hall–Kier alpha value is -0.610. The van der Waals surface area contributed by atoms with Crippen molar-refractivity contribution >= 4 is 33.4 Å². The van der Waals surface area contributed by atoms with Crippen LogP contribution >= 0.6 is 27.5 Å². The Morgan fingerprint density at radius 3 is 2.93 bits per heavy atom. The highest BCUT2D eigenvalue weighted by molar-refractivity contribution is 9.10. The van der Waals surface area contributed by atoms with Crippen molar-refractivity contribution in [2.24, 2.45) is 0 Å². The van der Waals surface area contributed by atoms with Gasteiger partial charge < -0.3 is 4.90 Å². The van der Waals surface area contributed by atoms with Crippen molar-refractivity contribution in [3.8, 4) is 0 Å². The van der Waals surface area contributed by atoms with Gasteiger partial charge in [-0.2, -0.15) is 0 Å². The standard InChI is InChI=1S/C10H10BrClN2O/c11-7-1-2-9(13-5-7)10(15)14-4-3-8(12)6-14/h1-2,5,8H,3-4,6H2. The van der Waals surface area contributed by atoms with Crippen molar-refractivity contribution in [3.05, 3.63) is 28.5 Å². The average molecular weight is 290 g/mol. The second kappa shape index (κ2) is 4.49. The van der Waals surface area contributed by atoms with E-state index in [0.29, 0.717) is 12.2 Å². The maximum absolute atomic E-state index is 11.9. The Balaban J connectivity index is 2.11. The fourth-order valence-corrected chi connectivity index (χ4v) is 2.07. The van der Waals surface area contributed by atoms with Gasteiger partial charge in [0.1, 0.15) is 5.69 Å². The van der Waals surface area contributed by atoms with E-state index in [1.54, 1.807) is 17.2 Å². The molecule has 0 aliphatic carbocycles. The predicted octanol–water partition coefficient (Wildman–Crippen LogP) is 2.30. The van der Waals surface area contributed by atoms with Gasteiger partial charge in [0.2, 0.25) is 0 Å². The van der Waals surface area contributed by atoms with Crippen molar-refractivity contribution in [2.75, 3.05) is 13.1 Å². The number of carbonyl (C=O) groups is 1. The van der Waals surface area contributed by atoms with Gasteiger partial charge >= 0.3 is 0 Å². The molecule has 1 aromatic heterocycles. The minimum absolute atomic E-state index is 0.0364. The Labute approximate surface area is 102 Å².